The number of unbranched alkanes of at least 4 members (excludes halogenated alkanes) is 2. The van der Waals surface area contributed by atoms with E-state index in [-0.39, 0.29) is 5.91 Å². The number of carbonyl (C=O) groups is 1. The molecule has 112 valence electrons. The Labute approximate surface area is 130 Å². The maximum absolute atomic E-state index is 12.5. The van der Waals surface area contributed by atoms with Crippen LogP contribution >= 0.6 is 12.2 Å². The Hall–Kier alpha value is -1.88. The molecule has 5 heteroatoms. The minimum absolute atomic E-state index is 0.122. The van der Waals surface area contributed by atoms with Crippen LogP contribution in [0.5, 0.6) is 5.75 Å². The maximum atomic E-state index is 12.5. The molecule has 0 bridgehead atoms. The fourth-order valence-corrected chi connectivity index (χ4v) is 2.46. The molecule has 1 aliphatic rings. The van der Waals surface area contributed by atoms with Crippen LogP contribution in [0.4, 0.5) is 5.69 Å². The summed E-state index contributed by atoms with van der Waals surface area (Å²) in [4.78, 5) is 14.0. The second-order valence-electron chi connectivity index (χ2n) is 4.73. The van der Waals surface area contributed by atoms with Crippen molar-refractivity contribution < 1.29 is 9.53 Å². The van der Waals surface area contributed by atoms with Gasteiger partial charge >= 0.3 is 0 Å². The fraction of sp³-hybridized carbons (Fsp3) is 0.375. The Balaban J connectivity index is 2.26. The highest BCUT2D eigenvalue weighted by molar-refractivity contribution is 7.80. The van der Waals surface area contributed by atoms with Crippen LogP contribution in [-0.4, -0.2) is 17.6 Å². The molecular weight excluding hydrogens is 284 g/mol. The second-order valence-corrected chi connectivity index (χ2v) is 5.12. The number of benzene rings is 1. The summed E-state index contributed by atoms with van der Waals surface area (Å²) in [5, 5.41) is 3.39. The largest absolute Gasteiger partial charge is 0.492 e. The van der Waals surface area contributed by atoms with Crippen LogP contribution in [0.15, 0.2) is 36.0 Å². The Morgan fingerprint density at radius 3 is 2.81 bits per heavy atom. The summed E-state index contributed by atoms with van der Waals surface area (Å²) < 4.78 is 5.58. The molecule has 1 aromatic carbocycles. The molecule has 1 aromatic rings. The number of ether oxygens (including phenoxy) is 1. The average molecular weight is 304 g/mol. The van der Waals surface area contributed by atoms with Crippen LogP contribution in [0.2, 0.25) is 0 Å². The van der Waals surface area contributed by atoms with Crippen LogP contribution in [-0.2, 0) is 4.79 Å². The monoisotopic (exact) mass is 304 g/mol. The third kappa shape index (κ3) is 3.42. The summed E-state index contributed by atoms with van der Waals surface area (Å²) in [5.74, 6) is 0.538. The van der Waals surface area contributed by atoms with Gasteiger partial charge in [-0.1, -0.05) is 31.6 Å². The van der Waals surface area contributed by atoms with Gasteiger partial charge in [-0.05, 0) is 44.1 Å². The molecule has 2 rings (SSSR count). The summed E-state index contributed by atoms with van der Waals surface area (Å²) in [6, 6.07) is 7.43. The molecule has 0 saturated carbocycles. The van der Waals surface area contributed by atoms with Crippen LogP contribution in [0, 0.1) is 0 Å². The highest BCUT2D eigenvalue weighted by atomic mass is 32.1. The van der Waals surface area contributed by atoms with Crippen LogP contribution < -0.4 is 15.0 Å². The SMILES string of the molecule is CCCC/C=C1/NC(=S)N(c2ccccc2OCC)C1=O. The number of nitrogens with one attached hydrogen (secondary N) is 1. The number of amides is 1. The van der Waals surface area contributed by atoms with E-state index in [1.54, 1.807) is 0 Å². The molecule has 1 heterocycles. The molecule has 0 aromatic heterocycles. The Bertz CT molecular complexity index is 569. The number of hydrogen-bond donors (Lipinski definition) is 1. The first-order chi connectivity index (χ1) is 10.2. The highest BCUT2D eigenvalue weighted by Gasteiger charge is 2.33. The molecule has 0 spiro atoms. The van der Waals surface area contributed by atoms with E-state index in [0.29, 0.717) is 28.9 Å². The number of rotatable bonds is 6. The molecule has 1 N–H and O–H groups in total. The minimum Gasteiger partial charge on any atom is -0.492 e. The van der Waals surface area contributed by atoms with E-state index >= 15 is 0 Å². The lowest BCUT2D eigenvalue weighted by molar-refractivity contribution is -0.113. The normalized spacial score (nSPS) is 16.5. The smallest absolute Gasteiger partial charge is 0.280 e. The lowest BCUT2D eigenvalue weighted by atomic mass is 10.2. The van der Waals surface area contributed by atoms with Gasteiger partial charge in [-0.25, -0.2) is 4.90 Å². The van der Waals surface area contributed by atoms with Crippen molar-refractivity contribution >= 4 is 28.9 Å². The van der Waals surface area contributed by atoms with Crippen LogP contribution in [0.3, 0.4) is 0 Å². The zero-order chi connectivity index (χ0) is 15.2. The van der Waals surface area contributed by atoms with Gasteiger partial charge in [0.15, 0.2) is 5.11 Å². The zero-order valence-electron chi connectivity index (χ0n) is 12.4. The summed E-state index contributed by atoms with van der Waals surface area (Å²) in [7, 11) is 0. The number of hydrogen-bond acceptors (Lipinski definition) is 3. The lowest BCUT2D eigenvalue weighted by Crippen LogP contribution is -2.30. The maximum Gasteiger partial charge on any atom is 0.280 e. The summed E-state index contributed by atoms with van der Waals surface area (Å²) in [6.07, 6.45) is 4.94. The minimum atomic E-state index is -0.122. The van der Waals surface area contributed by atoms with Crippen molar-refractivity contribution in [2.45, 2.75) is 33.1 Å². The number of allylic oxidation sites excluding steroid dienone is 1. The van der Waals surface area contributed by atoms with E-state index in [2.05, 4.69) is 12.2 Å². The molecule has 1 amide bonds. The van der Waals surface area contributed by atoms with E-state index in [1.165, 1.54) is 4.90 Å². The summed E-state index contributed by atoms with van der Waals surface area (Å²) >= 11 is 5.30. The van der Waals surface area contributed by atoms with Crippen molar-refractivity contribution in [2.24, 2.45) is 0 Å². The van der Waals surface area contributed by atoms with E-state index in [4.69, 9.17) is 17.0 Å². The van der Waals surface area contributed by atoms with Gasteiger partial charge < -0.3 is 10.1 Å². The molecule has 0 radical (unpaired) electrons. The molecular formula is C16H20N2O2S. The number of nitrogens with zero attached hydrogens (tertiary/aromatic N) is 1. The molecule has 1 aliphatic heterocycles. The van der Waals surface area contributed by atoms with Crippen molar-refractivity contribution in [3.8, 4) is 5.75 Å². The third-order valence-corrected chi connectivity index (χ3v) is 3.47. The first-order valence-corrected chi connectivity index (χ1v) is 7.67. The Morgan fingerprint density at radius 1 is 1.33 bits per heavy atom. The number of para-hydroxylation sites is 2. The molecule has 0 atom stereocenters. The fourth-order valence-electron chi connectivity index (χ4n) is 2.16. The van der Waals surface area contributed by atoms with Crippen LogP contribution in [0.25, 0.3) is 0 Å². The van der Waals surface area contributed by atoms with Gasteiger partial charge in [0.2, 0.25) is 0 Å². The van der Waals surface area contributed by atoms with Crippen molar-refractivity contribution in [3.05, 3.63) is 36.0 Å². The predicted octanol–water partition coefficient (Wildman–Crippen LogP) is 3.38. The van der Waals surface area contributed by atoms with Gasteiger partial charge in [-0.15, -0.1) is 0 Å². The van der Waals surface area contributed by atoms with Crippen molar-refractivity contribution in [1.82, 2.24) is 5.32 Å². The Morgan fingerprint density at radius 2 is 2.10 bits per heavy atom. The van der Waals surface area contributed by atoms with E-state index in [9.17, 15) is 4.79 Å². The quantitative estimate of drug-likeness (QED) is 0.497. The molecule has 1 fully saturated rings. The van der Waals surface area contributed by atoms with Crippen molar-refractivity contribution in [2.75, 3.05) is 11.5 Å². The van der Waals surface area contributed by atoms with Gasteiger partial charge in [0.05, 0.1) is 12.3 Å². The third-order valence-electron chi connectivity index (χ3n) is 3.19. The molecule has 1 saturated heterocycles. The zero-order valence-corrected chi connectivity index (χ0v) is 13.2. The van der Waals surface area contributed by atoms with Gasteiger partial charge in [0.25, 0.3) is 5.91 Å². The molecule has 0 unspecified atom stereocenters. The van der Waals surface area contributed by atoms with E-state index < -0.39 is 0 Å². The van der Waals surface area contributed by atoms with Gasteiger partial charge in [-0.2, -0.15) is 0 Å². The standard InChI is InChI=1S/C16H20N2O2S/c1-3-5-6-9-12-15(19)18(16(21)17-12)13-10-7-8-11-14(13)20-4-2/h7-11H,3-6H2,1-2H3,(H,17,21)/b12-9+. The average Bonchev–Trinajstić information content (AvgIpc) is 2.75. The topological polar surface area (TPSA) is 41.6 Å². The Kier molecular flexibility index (Phi) is 5.33. The first-order valence-electron chi connectivity index (χ1n) is 7.26. The number of anilines is 1. The van der Waals surface area contributed by atoms with Crippen molar-refractivity contribution in [1.29, 1.82) is 0 Å². The molecule has 21 heavy (non-hydrogen) atoms. The second kappa shape index (κ2) is 7.22. The van der Waals surface area contributed by atoms with E-state index in [0.717, 1.165) is 19.3 Å². The van der Waals surface area contributed by atoms with Gasteiger partial charge in [-0.3, -0.25) is 4.79 Å². The van der Waals surface area contributed by atoms with Crippen molar-refractivity contribution in [3.63, 3.8) is 0 Å². The molecule has 0 aliphatic carbocycles. The van der Waals surface area contributed by atoms with Crippen LogP contribution in [0.1, 0.15) is 33.1 Å². The highest BCUT2D eigenvalue weighted by Crippen LogP contribution is 2.31. The van der Waals surface area contributed by atoms with E-state index in [1.807, 2.05) is 37.3 Å². The lowest BCUT2D eigenvalue weighted by Gasteiger charge is -2.17. The van der Waals surface area contributed by atoms with Gasteiger partial charge in [0, 0.05) is 0 Å². The first kappa shape index (κ1) is 15.5. The summed E-state index contributed by atoms with van der Waals surface area (Å²) in [5.41, 5.74) is 1.24. The summed E-state index contributed by atoms with van der Waals surface area (Å²) in [6.45, 7) is 4.57. The molecule has 4 nitrogen and oxygen atoms in total. The number of carbonyl (C=O) groups excluding carboxylic acids is 1. The predicted molar refractivity (Wildman–Crippen MR) is 88.4 cm³/mol. The van der Waals surface area contributed by atoms with Gasteiger partial charge in [0.1, 0.15) is 11.4 Å². The number of thiocarbonyl (C=S) groups is 1.